The second-order valence-electron chi connectivity index (χ2n) is 5.45. The van der Waals surface area contributed by atoms with Crippen molar-refractivity contribution in [3.8, 4) is 6.07 Å². The molecule has 1 atom stereocenters. The Kier molecular flexibility index (Phi) is 5.84. The molecule has 2 nitrogen and oxygen atoms in total. The molecule has 1 aromatic rings. The van der Waals surface area contributed by atoms with Gasteiger partial charge < -0.3 is 5.32 Å². The lowest BCUT2D eigenvalue weighted by molar-refractivity contribution is 0.304. The lowest BCUT2D eigenvalue weighted by Crippen LogP contribution is -2.31. The SMILES string of the molecule is C[C@@H](NCC(C)(C)CCC#N)c1ccccc1Br. The van der Waals surface area contributed by atoms with E-state index in [2.05, 4.69) is 66.3 Å². The van der Waals surface area contributed by atoms with Gasteiger partial charge in [-0.3, -0.25) is 0 Å². The minimum absolute atomic E-state index is 0.158. The number of hydrogen-bond acceptors (Lipinski definition) is 2. The first-order chi connectivity index (χ1) is 8.46. The normalized spacial score (nSPS) is 13.1. The van der Waals surface area contributed by atoms with Crippen molar-refractivity contribution in [1.82, 2.24) is 5.32 Å². The van der Waals surface area contributed by atoms with Gasteiger partial charge in [-0.1, -0.05) is 48.0 Å². The zero-order valence-corrected chi connectivity index (χ0v) is 12.9. The molecule has 0 bridgehead atoms. The van der Waals surface area contributed by atoms with Gasteiger partial charge in [0.25, 0.3) is 0 Å². The highest BCUT2D eigenvalue weighted by molar-refractivity contribution is 9.10. The van der Waals surface area contributed by atoms with Crippen molar-refractivity contribution >= 4 is 15.9 Å². The maximum absolute atomic E-state index is 8.64. The van der Waals surface area contributed by atoms with E-state index in [4.69, 9.17) is 5.26 Å². The van der Waals surface area contributed by atoms with E-state index in [0.717, 1.165) is 17.4 Å². The van der Waals surface area contributed by atoms with E-state index in [1.54, 1.807) is 0 Å². The predicted octanol–water partition coefficient (Wildman–Crippen LogP) is 4.43. The Balaban J connectivity index is 2.54. The summed E-state index contributed by atoms with van der Waals surface area (Å²) in [4.78, 5) is 0. The smallest absolute Gasteiger partial charge is 0.0621 e. The van der Waals surface area contributed by atoms with Gasteiger partial charge in [-0.2, -0.15) is 5.26 Å². The highest BCUT2D eigenvalue weighted by Gasteiger charge is 2.19. The van der Waals surface area contributed by atoms with Crippen molar-refractivity contribution in [3.05, 3.63) is 34.3 Å². The van der Waals surface area contributed by atoms with Crippen LogP contribution in [-0.2, 0) is 0 Å². The highest BCUT2D eigenvalue weighted by atomic mass is 79.9. The number of hydrogen-bond donors (Lipinski definition) is 1. The zero-order chi connectivity index (χ0) is 13.6. The van der Waals surface area contributed by atoms with Crippen LogP contribution >= 0.6 is 15.9 Å². The van der Waals surface area contributed by atoms with Gasteiger partial charge in [0.1, 0.15) is 0 Å². The van der Waals surface area contributed by atoms with Crippen LogP contribution in [0, 0.1) is 16.7 Å². The number of nitrogens with zero attached hydrogens (tertiary/aromatic N) is 1. The molecule has 0 saturated heterocycles. The third-order valence-corrected chi connectivity index (χ3v) is 3.89. The lowest BCUT2D eigenvalue weighted by atomic mass is 9.87. The lowest BCUT2D eigenvalue weighted by Gasteiger charge is -2.27. The Morgan fingerprint density at radius 1 is 1.39 bits per heavy atom. The van der Waals surface area contributed by atoms with E-state index in [0.29, 0.717) is 12.5 Å². The summed E-state index contributed by atoms with van der Waals surface area (Å²) in [5, 5.41) is 12.2. The molecule has 18 heavy (non-hydrogen) atoms. The maximum atomic E-state index is 8.64. The van der Waals surface area contributed by atoms with Crippen LogP contribution < -0.4 is 5.32 Å². The second-order valence-corrected chi connectivity index (χ2v) is 6.30. The molecule has 0 fully saturated rings. The van der Waals surface area contributed by atoms with Gasteiger partial charge in [0.2, 0.25) is 0 Å². The van der Waals surface area contributed by atoms with Crippen LogP contribution in [0.25, 0.3) is 0 Å². The molecule has 0 unspecified atom stereocenters. The van der Waals surface area contributed by atoms with E-state index in [9.17, 15) is 0 Å². The number of nitrogens with one attached hydrogen (secondary N) is 1. The van der Waals surface area contributed by atoms with Crippen LogP contribution in [0.5, 0.6) is 0 Å². The average molecular weight is 309 g/mol. The molecule has 1 aromatic carbocycles. The fourth-order valence-electron chi connectivity index (χ4n) is 1.85. The van der Waals surface area contributed by atoms with Crippen molar-refractivity contribution in [1.29, 1.82) is 5.26 Å². The van der Waals surface area contributed by atoms with Gasteiger partial charge in [-0.15, -0.1) is 0 Å². The van der Waals surface area contributed by atoms with E-state index in [1.165, 1.54) is 5.56 Å². The minimum Gasteiger partial charge on any atom is -0.310 e. The molecule has 0 amide bonds. The van der Waals surface area contributed by atoms with Crippen LogP contribution in [0.4, 0.5) is 0 Å². The molecular weight excluding hydrogens is 288 g/mol. The van der Waals surface area contributed by atoms with Crippen LogP contribution in [0.3, 0.4) is 0 Å². The summed E-state index contributed by atoms with van der Waals surface area (Å²) in [7, 11) is 0. The first kappa shape index (κ1) is 15.2. The number of rotatable bonds is 6. The van der Waals surface area contributed by atoms with Crippen molar-refractivity contribution < 1.29 is 0 Å². The van der Waals surface area contributed by atoms with E-state index in [-0.39, 0.29) is 5.41 Å². The van der Waals surface area contributed by atoms with Gasteiger partial charge >= 0.3 is 0 Å². The number of benzene rings is 1. The second kappa shape index (κ2) is 6.92. The van der Waals surface area contributed by atoms with Crippen molar-refractivity contribution in [2.24, 2.45) is 5.41 Å². The third-order valence-electron chi connectivity index (χ3n) is 3.17. The predicted molar refractivity (Wildman–Crippen MR) is 79.2 cm³/mol. The summed E-state index contributed by atoms with van der Waals surface area (Å²) in [6, 6.07) is 10.8. The maximum Gasteiger partial charge on any atom is 0.0621 e. The quantitative estimate of drug-likeness (QED) is 0.844. The monoisotopic (exact) mass is 308 g/mol. The molecule has 0 aromatic heterocycles. The number of nitriles is 1. The summed E-state index contributed by atoms with van der Waals surface area (Å²) in [6.07, 6.45) is 1.55. The van der Waals surface area contributed by atoms with E-state index in [1.807, 2.05) is 6.07 Å². The molecule has 0 spiro atoms. The fraction of sp³-hybridized carbons (Fsp3) is 0.533. The van der Waals surface area contributed by atoms with Crippen molar-refractivity contribution in [2.45, 2.75) is 39.7 Å². The summed E-state index contributed by atoms with van der Waals surface area (Å²) in [5.74, 6) is 0. The molecule has 98 valence electrons. The van der Waals surface area contributed by atoms with Gasteiger partial charge in [-0.25, -0.2) is 0 Å². The molecule has 0 radical (unpaired) electrons. The summed E-state index contributed by atoms with van der Waals surface area (Å²) in [6.45, 7) is 7.48. The molecule has 0 saturated carbocycles. The Morgan fingerprint density at radius 2 is 2.06 bits per heavy atom. The highest BCUT2D eigenvalue weighted by Crippen LogP contribution is 2.25. The molecule has 0 aliphatic heterocycles. The summed E-state index contributed by atoms with van der Waals surface area (Å²) in [5.41, 5.74) is 1.43. The summed E-state index contributed by atoms with van der Waals surface area (Å²) >= 11 is 3.58. The molecule has 3 heteroatoms. The molecule has 0 aliphatic carbocycles. The van der Waals surface area contributed by atoms with Gasteiger partial charge in [0.05, 0.1) is 6.07 Å². The Bertz CT molecular complexity index is 421. The van der Waals surface area contributed by atoms with Crippen LogP contribution in [0.2, 0.25) is 0 Å². The topological polar surface area (TPSA) is 35.8 Å². The van der Waals surface area contributed by atoms with Crippen LogP contribution in [-0.4, -0.2) is 6.54 Å². The van der Waals surface area contributed by atoms with Crippen molar-refractivity contribution in [3.63, 3.8) is 0 Å². The first-order valence-corrected chi connectivity index (χ1v) is 7.10. The van der Waals surface area contributed by atoms with Gasteiger partial charge in [0.15, 0.2) is 0 Å². The Hall–Kier alpha value is -0.850. The average Bonchev–Trinajstić information content (AvgIpc) is 2.34. The molecular formula is C15H21BrN2. The Labute approximate surface area is 119 Å². The molecule has 1 rings (SSSR count). The largest absolute Gasteiger partial charge is 0.310 e. The number of halogens is 1. The van der Waals surface area contributed by atoms with E-state index < -0.39 is 0 Å². The van der Waals surface area contributed by atoms with Crippen LogP contribution in [0.15, 0.2) is 28.7 Å². The Morgan fingerprint density at radius 3 is 2.67 bits per heavy atom. The molecule has 0 aliphatic rings. The first-order valence-electron chi connectivity index (χ1n) is 6.31. The van der Waals surface area contributed by atoms with Crippen LogP contribution in [0.1, 0.15) is 45.2 Å². The zero-order valence-electron chi connectivity index (χ0n) is 11.3. The van der Waals surface area contributed by atoms with Gasteiger partial charge in [0, 0.05) is 23.5 Å². The summed E-state index contributed by atoms with van der Waals surface area (Å²) < 4.78 is 1.14. The molecule has 1 N–H and O–H groups in total. The van der Waals surface area contributed by atoms with E-state index >= 15 is 0 Å². The standard InChI is InChI=1S/C15H21BrN2/c1-12(13-7-4-5-8-14(13)16)18-11-15(2,3)9-6-10-17/h4-5,7-8,12,18H,6,9,11H2,1-3H3/t12-/m1/s1. The van der Waals surface area contributed by atoms with Gasteiger partial charge in [-0.05, 0) is 30.4 Å². The van der Waals surface area contributed by atoms with Crippen molar-refractivity contribution in [2.75, 3.05) is 6.54 Å². The minimum atomic E-state index is 0.158. The fourth-order valence-corrected chi connectivity index (χ4v) is 2.48. The molecule has 0 heterocycles. The third kappa shape index (κ3) is 4.80.